The highest BCUT2D eigenvalue weighted by atomic mass is 16.4. The Bertz CT molecular complexity index is 888. The number of carboxylic acids is 1. The van der Waals surface area contributed by atoms with E-state index < -0.39 is 5.97 Å². The Morgan fingerprint density at radius 3 is 2.56 bits per heavy atom. The third-order valence-electron chi connectivity index (χ3n) is 3.93. The smallest absolute Gasteiger partial charge is 0.303 e. The van der Waals surface area contributed by atoms with E-state index in [0.717, 1.165) is 17.5 Å². The summed E-state index contributed by atoms with van der Waals surface area (Å²) in [6.45, 7) is 0.664. The van der Waals surface area contributed by atoms with Crippen molar-refractivity contribution in [1.29, 1.82) is 0 Å². The fourth-order valence-corrected chi connectivity index (χ4v) is 2.55. The molecule has 130 valence electrons. The van der Waals surface area contributed by atoms with Crippen molar-refractivity contribution in [1.82, 2.24) is 19.5 Å². The molecule has 0 amide bonds. The van der Waals surface area contributed by atoms with Crippen molar-refractivity contribution in [2.45, 2.75) is 19.3 Å². The number of nitrogen functional groups attached to an aromatic ring is 1. The molecular formula is C17H20N6O2. The number of carboxylic acid groups (broad SMARTS) is 1. The first-order valence-electron chi connectivity index (χ1n) is 8.01. The van der Waals surface area contributed by atoms with Crippen LogP contribution in [0.4, 0.5) is 11.8 Å². The van der Waals surface area contributed by atoms with Gasteiger partial charge in [0, 0.05) is 20.0 Å². The highest BCUT2D eigenvalue weighted by Gasteiger charge is 2.09. The molecule has 25 heavy (non-hydrogen) atoms. The van der Waals surface area contributed by atoms with Crippen LogP contribution in [-0.4, -0.2) is 37.1 Å². The summed E-state index contributed by atoms with van der Waals surface area (Å²) in [5, 5.41) is 11.9. The number of nitrogens with one attached hydrogen (secondary N) is 1. The van der Waals surface area contributed by atoms with E-state index in [2.05, 4.69) is 20.3 Å². The number of aromatic nitrogens is 4. The molecule has 0 spiro atoms. The van der Waals surface area contributed by atoms with Crippen molar-refractivity contribution in [2.75, 3.05) is 17.6 Å². The maximum Gasteiger partial charge on any atom is 0.303 e. The molecule has 0 saturated carbocycles. The summed E-state index contributed by atoms with van der Waals surface area (Å²) in [6, 6.07) is 7.96. The lowest BCUT2D eigenvalue weighted by Gasteiger charge is -2.07. The van der Waals surface area contributed by atoms with Crippen LogP contribution in [0.15, 0.2) is 30.6 Å². The molecule has 0 aliphatic carbocycles. The summed E-state index contributed by atoms with van der Waals surface area (Å²) in [4.78, 5) is 23.4. The minimum atomic E-state index is -0.780. The summed E-state index contributed by atoms with van der Waals surface area (Å²) in [6.07, 6.45) is 3.15. The lowest BCUT2D eigenvalue weighted by Crippen LogP contribution is -2.10. The number of aryl methyl sites for hydroxylation is 2. The van der Waals surface area contributed by atoms with Gasteiger partial charge >= 0.3 is 5.97 Å². The zero-order valence-corrected chi connectivity index (χ0v) is 13.9. The molecule has 0 aliphatic heterocycles. The largest absolute Gasteiger partial charge is 0.481 e. The molecule has 0 bridgehead atoms. The van der Waals surface area contributed by atoms with Gasteiger partial charge in [-0.15, -0.1) is 0 Å². The summed E-state index contributed by atoms with van der Waals surface area (Å²) in [7, 11) is 1.86. The van der Waals surface area contributed by atoms with E-state index in [1.165, 1.54) is 0 Å². The van der Waals surface area contributed by atoms with Crippen molar-refractivity contribution in [2.24, 2.45) is 7.05 Å². The number of benzene rings is 1. The number of nitrogens with zero attached hydrogens (tertiary/aromatic N) is 4. The van der Waals surface area contributed by atoms with E-state index in [0.29, 0.717) is 35.9 Å². The van der Waals surface area contributed by atoms with Crippen LogP contribution in [0, 0.1) is 0 Å². The number of anilines is 2. The first kappa shape index (κ1) is 16.7. The summed E-state index contributed by atoms with van der Waals surface area (Å²) in [5.74, 6) is 0.0560. The monoisotopic (exact) mass is 340 g/mol. The number of fused-ring (bicyclic) bond motifs is 1. The Balaban J connectivity index is 1.57. The SMILES string of the molecule is Cn1cnc2c(N)nc(NCCc3ccc(CCC(=O)O)cc3)nc21. The molecule has 8 nitrogen and oxygen atoms in total. The lowest BCUT2D eigenvalue weighted by molar-refractivity contribution is -0.136. The van der Waals surface area contributed by atoms with Gasteiger partial charge in [0.2, 0.25) is 5.95 Å². The van der Waals surface area contributed by atoms with Gasteiger partial charge in [0.15, 0.2) is 11.5 Å². The van der Waals surface area contributed by atoms with Crippen molar-refractivity contribution in [3.05, 3.63) is 41.7 Å². The average Bonchev–Trinajstić information content (AvgIpc) is 2.96. The number of hydrogen-bond acceptors (Lipinski definition) is 6. The molecule has 0 radical (unpaired) electrons. The Hall–Kier alpha value is -3.16. The molecule has 4 N–H and O–H groups in total. The number of imidazole rings is 1. The second-order valence-electron chi connectivity index (χ2n) is 5.85. The van der Waals surface area contributed by atoms with Crippen LogP contribution in [0.2, 0.25) is 0 Å². The number of rotatable bonds is 7. The molecule has 0 fully saturated rings. The van der Waals surface area contributed by atoms with Crippen LogP contribution in [0.3, 0.4) is 0 Å². The maximum atomic E-state index is 10.6. The predicted octanol–water partition coefficient (Wildman–Crippen LogP) is 1.62. The zero-order chi connectivity index (χ0) is 17.8. The fourth-order valence-electron chi connectivity index (χ4n) is 2.55. The molecule has 3 rings (SSSR count). The van der Waals surface area contributed by atoms with Crippen LogP contribution < -0.4 is 11.1 Å². The number of nitrogens with two attached hydrogens (primary N) is 1. The van der Waals surface area contributed by atoms with E-state index in [9.17, 15) is 4.79 Å². The van der Waals surface area contributed by atoms with Crippen LogP contribution in [0.1, 0.15) is 17.5 Å². The molecule has 0 atom stereocenters. The molecule has 0 unspecified atom stereocenters. The van der Waals surface area contributed by atoms with Crippen molar-refractivity contribution in [3.8, 4) is 0 Å². The van der Waals surface area contributed by atoms with Gasteiger partial charge in [0.25, 0.3) is 0 Å². The Labute approximate surface area is 144 Å². The molecule has 2 heterocycles. The number of aliphatic carboxylic acids is 1. The highest BCUT2D eigenvalue weighted by molar-refractivity contribution is 5.82. The summed E-state index contributed by atoms with van der Waals surface area (Å²) < 4.78 is 1.80. The van der Waals surface area contributed by atoms with Crippen LogP contribution in [-0.2, 0) is 24.7 Å². The van der Waals surface area contributed by atoms with Crippen molar-refractivity contribution < 1.29 is 9.90 Å². The fraction of sp³-hybridized carbons (Fsp3) is 0.294. The Kier molecular flexibility index (Phi) is 4.78. The second kappa shape index (κ2) is 7.16. The van der Waals surface area contributed by atoms with Crippen molar-refractivity contribution >= 4 is 28.9 Å². The minimum Gasteiger partial charge on any atom is -0.481 e. The molecule has 3 aromatic rings. The first-order valence-corrected chi connectivity index (χ1v) is 8.01. The van der Waals surface area contributed by atoms with Crippen LogP contribution in [0.5, 0.6) is 0 Å². The van der Waals surface area contributed by atoms with E-state index in [4.69, 9.17) is 10.8 Å². The quantitative estimate of drug-likeness (QED) is 0.598. The second-order valence-corrected chi connectivity index (χ2v) is 5.85. The average molecular weight is 340 g/mol. The summed E-state index contributed by atoms with van der Waals surface area (Å²) >= 11 is 0. The maximum absolute atomic E-state index is 10.6. The lowest BCUT2D eigenvalue weighted by atomic mass is 10.1. The van der Waals surface area contributed by atoms with Crippen molar-refractivity contribution in [3.63, 3.8) is 0 Å². The third-order valence-corrected chi connectivity index (χ3v) is 3.93. The van der Waals surface area contributed by atoms with Gasteiger partial charge in [-0.05, 0) is 24.0 Å². The predicted molar refractivity (Wildman–Crippen MR) is 95.3 cm³/mol. The standard InChI is InChI=1S/C17H20N6O2/c1-23-10-20-14-15(18)21-17(22-16(14)23)19-9-8-12-4-2-11(3-5-12)6-7-13(24)25/h2-5,10H,6-9H2,1H3,(H,24,25)(H3,18,19,21,22). The van der Waals surface area contributed by atoms with Crippen LogP contribution in [0.25, 0.3) is 11.2 Å². The third kappa shape index (κ3) is 4.03. The molecule has 1 aromatic carbocycles. The van der Waals surface area contributed by atoms with Gasteiger partial charge in [-0.1, -0.05) is 24.3 Å². The zero-order valence-electron chi connectivity index (χ0n) is 13.9. The van der Waals surface area contributed by atoms with Gasteiger partial charge < -0.3 is 20.7 Å². The van der Waals surface area contributed by atoms with E-state index in [1.807, 2.05) is 31.3 Å². The van der Waals surface area contributed by atoms with Gasteiger partial charge in [0.05, 0.1) is 6.33 Å². The molecule has 2 aromatic heterocycles. The molecule has 0 saturated heterocycles. The molecule has 8 heteroatoms. The topological polar surface area (TPSA) is 119 Å². The Morgan fingerprint density at radius 1 is 1.20 bits per heavy atom. The van der Waals surface area contributed by atoms with Crippen LogP contribution >= 0.6 is 0 Å². The van der Waals surface area contributed by atoms with Gasteiger partial charge in [0.1, 0.15) is 5.52 Å². The minimum absolute atomic E-state index is 0.149. The van der Waals surface area contributed by atoms with Gasteiger partial charge in [-0.2, -0.15) is 9.97 Å². The Morgan fingerprint density at radius 2 is 1.88 bits per heavy atom. The van der Waals surface area contributed by atoms with Gasteiger partial charge in [-0.25, -0.2) is 4.98 Å². The van der Waals surface area contributed by atoms with E-state index >= 15 is 0 Å². The summed E-state index contributed by atoms with van der Waals surface area (Å²) in [5.41, 5.74) is 9.38. The molecule has 0 aliphatic rings. The normalized spacial score (nSPS) is 10.9. The number of carbonyl (C=O) groups is 1. The first-order chi connectivity index (χ1) is 12.0. The van der Waals surface area contributed by atoms with E-state index in [1.54, 1.807) is 10.9 Å². The molecular weight excluding hydrogens is 320 g/mol. The van der Waals surface area contributed by atoms with E-state index in [-0.39, 0.29) is 6.42 Å². The number of hydrogen-bond donors (Lipinski definition) is 3. The highest BCUT2D eigenvalue weighted by Crippen LogP contribution is 2.17. The van der Waals surface area contributed by atoms with Gasteiger partial charge in [-0.3, -0.25) is 4.79 Å².